The van der Waals surface area contributed by atoms with E-state index in [0.717, 1.165) is 5.56 Å². The van der Waals surface area contributed by atoms with Crippen molar-refractivity contribution in [1.29, 1.82) is 0 Å². The van der Waals surface area contributed by atoms with Gasteiger partial charge < -0.3 is 9.84 Å². The van der Waals surface area contributed by atoms with E-state index < -0.39 is 0 Å². The van der Waals surface area contributed by atoms with E-state index in [2.05, 4.69) is 19.9 Å². The zero-order valence-corrected chi connectivity index (χ0v) is 8.88. The van der Waals surface area contributed by atoms with Gasteiger partial charge in [0.2, 0.25) is 0 Å². The third kappa shape index (κ3) is 1.90. The van der Waals surface area contributed by atoms with Crippen LogP contribution in [0.1, 0.15) is 5.56 Å². The smallest absolute Gasteiger partial charge is 0.322 e. The maximum absolute atomic E-state index is 9.31. The molecule has 1 N–H and O–H groups in total. The lowest BCUT2D eigenvalue weighted by Crippen LogP contribution is -1.99. The normalized spacial score (nSPS) is 10.1. The molecule has 0 unspecified atom stereocenters. The van der Waals surface area contributed by atoms with E-state index in [9.17, 15) is 5.11 Å². The fourth-order valence-electron chi connectivity index (χ4n) is 1.26. The van der Waals surface area contributed by atoms with E-state index in [1.807, 2.05) is 19.1 Å². The van der Waals surface area contributed by atoms with Gasteiger partial charge in [-0.15, -0.1) is 4.98 Å². The number of aromatic nitrogens is 4. The second-order valence-electron chi connectivity index (χ2n) is 3.11. The quantitative estimate of drug-likeness (QED) is 0.808. The number of aromatic hydroxyl groups is 1. The lowest BCUT2D eigenvalue weighted by atomic mass is 10.2. The summed E-state index contributed by atoms with van der Waals surface area (Å²) in [6.45, 7) is 1.88. The van der Waals surface area contributed by atoms with E-state index >= 15 is 0 Å². The van der Waals surface area contributed by atoms with Crippen molar-refractivity contribution in [3.8, 4) is 23.5 Å². The van der Waals surface area contributed by atoms with Gasteiger partial charge in [-0.3, -0.25) is 4.98 Å². The number of aryl methyl sites for hydroxylation is 1. The standard InChI is InChI=1S/C10H10N4O2/c1-6-4-3-5-11-7(6)8-12-9(15)14-10(13-8)16-2/h3-5H,1-2H3,(H,12,13,14,15). The molecule has 0 aliphatic heterocycles. The summed E-state index contributed by atoms with van der Waals surface area (Å²) in [4.78, 5) is 15.6. The van der Waals surface area contributed by atoms with E-state index in [1.165, 1.54) is 7.11 Å². The Morgan fingerprint density at radius 1 is 1.25 bits per heavy atom. The van der Waals surface area contributed by atoms with Crippen molar-refractivity contribution in [3.05, 3.63) is 23.9 Å². The average Bonchev–Trinajstić information content (AvgIpc) is 2.28. The Hall–Kier alpha value is -2.24. The maximum atomic E-state index is 9.31. The van der Waals surface area contributed by atoms with Crippen LogP contribution in [0.25, 0.3) is 11.5 Å². The predicted octanol–water partition coefficient (Wildman–Crippen LogP) is 0.956. The van der Waals surface area contributed by atoms with Gasteiger partial charge in [-0.2, -0.15) is 9.97 Å². The fourth-order valence-corrected chi connectivity index (χ4v) is 1.26. The van der Waals surface area contributed by atoms with Crippen molar-refractivity contribution < 1.29 is 9.84 Å². The van der Waals surface area contributed by atoms with E-state index in [1.54, 1.807) is 6.20 Å². The molecule has 0 spiro atoms. The van der Waals surface area contributed by atoms with Crippen molar-refractivity contribution in [2.24, 2.45) is 0 Å². The molecular weight excluding hydrogens is 208 g/mol. The molecular formula is C10H10N4O2. The van der Waals surface area contributed by atoms with Gasteiger partial charge in [0, 0.05) is 6.20 Å². The first kappa shape index (κ1) is 10.3. The minimum Gasteiger partial charge on any atom is -0.479 e. The van der Waals surface area contributed by atoms with Gasteiger partial charge in [-0.25, -0.2) is 0 Å². The summed E-state index contributed by atoms with van der Waals surface area (Å²) in [5.41, 5.74) is 1.51. The van der Waals surface area contributed by atoms with Crippen molar-refractivity contribution >= 4 is 0 Å². The number of methoxy groups -OCH3 is 1. The van der Waals surface area contributed by atoms with Crippen molar-refractivity contribution in [2.45, 2.75) is 6.92 Å². The SMILES string of the molecule is COc1nc(O)nc(-c2ncccc2C)n1. The number of rotatable bonds is 2. The molecule has 0 aliphatic carbocycles. The van der Waals surface area contributed by atoms with Gasteiger partial charge in [-0.1, -0.05) is 6.07 Å². The molecule has 0 amide bonds. The molecule has 6 heteroatoms. The van der Waals surface area contributed by atoms with Gasteiger partial charge in [-0.05, 0) is 18.6 Å². The third-order valence-electron chi connectivity index (χ3n) is 2.01. The van der Waals surface area contributed by atoms with Crippen LogP contribution in [0.4, 0.5) is 0 Å². The molecule has 0 saturated heterocycles. The summed E-state index contributed by atoms with van der Waals surface area (Å²) in [6, 6.07) is 3.38. The highest BCUT2D eigenvalue weighted by molar-refractivity contribution is 5.54. The van der Waals surface area contributed by atoms with Gasteiger partial charge in [0.05, 0.1) is 7.11 Å². The van der Waals surface area contributed by atoms with Crippen LogP contribution in [0, 0.1) is 6.92 Å². The second-order valence-corrected chi connectivity index (χ2v) is 3.11. The largest absolute Gasteiger partial charge is 0.479 e. The monoisotopic (exact) mass is 218 g/mol. The highest BCUT2D eigenvalue weighted by Crippen LogP contribution is 2.19. The Morgan fingerprint density at radius 2 is 2.06 bits per heavy atom. The van der Waals surface area contributed by atoms with Crippen LogP contribution in [-0.4, -0.2) is 32.2 Å². The number of hydrogen-bond donors (Lipinski definition) is 1. The van der Waals surface area contributed by atoms with Crippen LogP contribution in [0.5, 0.6) is 12.0 Å². The van der Waals surface area contributed by atoms with Crippen LogP contribution in [0.15, 0.2) is 18.3 Å². The topological polar surface area (TPSA) is 81.0 Å². The second kappa shape index (κ2) is 4.09. The first-order chi connectivity index (χ1) is 7.70. The minimum absolute atomic E-state index is 0.0625. The molecule has 2 aromatic rings. The van der Waals surface area contributed by atoms with Gasteiger partial charge in [0.1, 0.15) is 5.69 Å². The summed E-state index contributed by atoms with van der Waals surface area (Å²) in [7, 11) is 1.42. The molecule has 0 aliphatic rings. The lowest BCUT2D eigenvalue weighted by Gasteiger charge is -2.04. The summed E-state index contributed by atoms with van der Waals surface area (Å²) < 4.78 is 4.85. The van der Waals surface area contributed by atoms with Crippen LogP contribution < -0.4 is 4.74 Å². The van der Waals surface area contributed by atoms with Crippen molar-refractivity contribution in [1.82, 2.24) is 19.9 Å². The number of nitrogens with zero attached hydrogens (tertiary/aromatic N) is 4. The number of ether oxygens (including phenoxy) is 1. The molecule has 82 valence electrons. The Bertz CT molecular complexity index is 516. The zero-order chi connectivity index (χ0) is 11.5. The van der Waals surface area contributed by atoms with E-state index in [-0.39, 0.29) is 12.0 Å². The van der Waals surface area contributed by atoms with Crippen LogP contribution in [0.2, 0.25) is 0 Å². The minimum atomic E-state index is -0.382. The molecule has 2 rings (SSSR count). The maximum Gasteiger partial charge on any atom is 0.322 e. The van der Waals surface area contributed by atoms with Crippen LogP contribution in [-0.2, 0) is 0 Å². The van der Waals surface area contributed by atoms with Crippen molar-refractivity contribution in [3.63, 3.8) is 0 Å². The summed E-state index contributed by atoms with van der Waals surface area (Å²) >= 11 is 0. The van der Waals surface area contributed by atoms with Crippen molar-refractivity contribution in [2.75, 3.05) is 7.11 Å². The molecule has 2 heterocycles. The number of hydrogen-bond acceptors (Lipinski definition) is 6. The summed E-state index contributed by atoms with van der Waals surface area (Å²) in [6.07, 6.45) is 1.63. The molecule has 16 heavy (non-hydrogen) atoms. The predicted molar refractivity (Wildman–Crippen MR) is 56.0 cm³/mol. The summed E-state index contributed by atoms with van der Waals surface area (Å²) in [5, 5.41) is 9.31. The molecule has 2 aromatic heterocycles. The third-order valence-corrected chi connectivity index (χ3v) is 2.01. The van der Waals surface area contributed by atoms with Gasteiger partial charge in [0.25, 0.3) is 0 Å². The van der Waals surface area contributed by atoms with Crippen LogP contribution in [0.3, 0.4) is 0 Å². The van der Waals surface area contributed by atoms with Crippen LogP contribution >= 0.6 is 0 Å². The van der Waals surface area contributed by atoms with E-state index in [0.29, 0.717) is 11.5 Å². The van der Waals surface area contributed by atoms with E-state index in [4.69, 9.17) is 4.74 Å². The summed E-state index contributed by atoms with van der Waals surface area (Å²) in [5.74, 6) is 0.294. The molecule has 0 atom stereocenters. The Morgan fingerprint density at radius 3 is 2.75 bits per heavy atom. The number of pyridine rings is 1. The molecule has 0 radical (unpaired) electrons. The highest BCUT2D eigenvalue weighted by Gasteiger charge is 2.10. The first-order valence-electron chi connectivity index (χ1n) is 4.61. The van der Waals surface area contributed by atoms with Gasteiger partial charge in [0.15, 0.2) is 5.82 Å². The Labute approximate surface area is 92.0 Å². The Balaban J connectivity index is 2.56. The Kier molecular flexibility index (Phi) is 2.63. The molecule has 0 bridgehead atoms. The molecule has 0 fully saturated rings. The highest BCUT2D eigenvalue weighted by atomic mass is 16.5. The fraction of sp³-hybridized carbons (Fsp3) is 0.200. The lowest BCUT2D eigenvalue weighted by molar-refractivity contribution is 0.356. The zero-order valence-electron chi connectivity index (χ0n) is 8.88. The molecule has 0 saturated carbocycles. The molecule has 6 nitrogen and oxygen atoms in total. The van der Waals surface area contributed by atoms with Gasteiger partial charge >= 0.3 is 12.0 Å². The first-order valence-corrected chi connectivity index (χ1v) is 4.61. The average molecular weight is 218 g/mol. The molecule has 0 aromatic carbocycles.